The number of unbranched alkanes of at least 4 members (excludes halogenated alkanes) is 3. The summed E-state index contributed by atoms with van der Waals surface area (Å²) in [7, 11) is 0. The first kappa shape index (κ1) is 45.1. The van der Waals surface area contributed by atoms with Gasteiger partial charge in [-0.2, -0.15) is 74.6 Å². The third kappa shape index (κ3) is 8.45. The largest absolute Gasteiger partial charge is 0.460 e. The minimum absolute atomic E-state index is 0.206. The zero-order chi connectivity index (χ0) is 40.5. The van der Waals surface area contributed by atoms with E-state index in [1.807, 2.05) is 0 Å². The first-order chi connectivity index (χ1) is 24.1. The fourth-order valence-corrected chi connectivity index (χ4v) is 7.32. The van der Waals surface area contributed by atoms with Crippen LogP contribution in [0.3, 0.4) is 0 Å². The Morgan fingerprint density at radius 2 is 0.868 bits per heavy atom. The van der Waals surface area contributed by atoms with Crippen LogP contribution < -0.4 is 0 Å². The summed E-state index contributed by atoms with van der Waals surface area (Å²) in [4.78, 5) is 12.2. The molecule has 18 heteroatoms. The molecule has 0 heterocycles. The number of carbonyl (C=O) groups excluding carboxylic acids is 1. The van der Waals surface area contributed by atoms with Crippen LogP contribution in [0.2, 0.25) is 0 Å². The molecular formula is C35H41F17O. The molecule has 1 aromatic rings. The molecule has 2 fully saturated rings. The molecule has 0 aliphatic heterocycles. The Bertz CT molecular complexity index is 1340. The molecule has 0 unspecified atom stereocenters. The van der Waals surface area contributed by atoms with Gasteiger partial charge in [0.2, 0.25) is 5.78 Å². The summed E-state index contributed by atoms with van der Waals surface area (Å²) in [6.07, 6.45) is 8.09. The molecule has 0 spiro atoms. The van der Waals surface area contributed by atoms with Gasteiger partial charge >= 0.3 is 47.6 Å². The summed E-state index contributed by atoms with van der Waals surface area (Å²) in [5, 5.41) is 0. The van der Waals surface area contributed by atoms with E-state index in [1.165, 1.54) is 57.8 Å². The highest BCUT2D eigenvalue weighted by atomic mass is 19.4. The van der Waals surface area contributed by atoms with Crippen LogP contribution in [0.15, 0.2) is 24.3 Å². The Labute approximate surface area is 295 Å². The average Bonchev–Trinajstić information content (AvgIpc) is 3.08. The van der Waals surface area contributed by atoms with Crippen LogP contribution in [0, 0.1) is 17.8 Å². The summed E-state index contributed by atoms with van der Waals surface area (Å²) in [5.41, 5.74) is -1.14. The normalized spacial score (nSPS) is 23.3. The molecule has 53 heavy (non-hydrogen) atoms. The van der Waals surface area contributed by atoms with Crippen molar-refractivity contribution in [3.05, 3.63) is 35.4 Å². The van der Waals surface area contributed by atoms with Gasteiger partial charge in [-0.15, -0.1) is 0 Å². The number of benzene rings is 1. The summed E-state index contributed by atoms with van der Waals surface area (Å²) in [5.74, 6) is -59.7. The van der Waals surface area contributed by atoms with Gasteiger partial charge in [0, 0.05) is 5.56 Å². The van der Waals surface area contributed by atoms with Crippen molar-refractivity contribution in [1.82, 2.24) is 0 Å². The lowest BCUT2D eigenvalue weighted by molar-refractivity contribution is -0.459. The summed E-state index contributed by atoms with van der Waals surface area (Å²) in [6, 6.07) is 2.81. The number of hydrogen-bond acceptors (Lipinski definition) is 1. The van der Waals surface area contributed by atoms with Crippen molar-refractivity contribution in [3.63, 3.8) is 0 Å². The van der Waals surface area contributed by atoms with E-state index in [9.17, 15) is 79.4 Å². The Balaban J connectivity index is 1.63. The van der Waals surface area contributed by atoms with Gasteiger partial charge in [0.1, 0.15) is 0 Å². The topological polar surface area (TPSA) is 17.1 Å². The molecule has 1 aromatic carbocycles. The molecule has 0 atom stereocenters. The lowest BCUT2D eigenvalue weighted by Crippen LogP contribution is -2.75. The van der Waals surface area contributed by atoms with E-state index in [0.29, 0.717) is 42.4 Å². The number of Topliss-reactive ketones (excluding diaryl/α,β-unsaturated/α-hetero) is 1. The van der Waals surface area contributed by atoms with Gasteiger partial charge in [0.15, 0.2) is 0 Å². The van der Waals surface area contributed by atoms with Crippen molar-refractivity contribution in [3.8, 4) is 0 Å². The average molecular weight is 801 g/mol. The molecule has 1 nitrogen and oxygen atoms in total. The van der Waals surface area contributed by atoms with E-state index in [0.717, 1.165) is 43.7 Å². The number of rotatable bonds is 17. The molecule has 0 aromatic heterocycles. The zero-order valence-corrected chi connectivity index (χ0v) is 28.6. The molecule has 2 aliphatic rings. The highest BCUT2D eigenvalue weighted by Crippen LogP contribution is 2.64. The van der Waals surface area contributed by atoms with Crippen LogP contribution in [0.25, 0.3) is 0 Å². The Kier molecular flexibility index (Phi) is 13.7. The minimum atomic E-state index is -8.74. The van der Waals surface area contributed by atoms with Crippen molar-refractivity contribution in [2.75, 3.05) is 0 Å². The van der Waals surface area contributed by atoms with Crippen molar-refractivity contribution >= 4 is 5.78 Å². The van der Waals surface area contributed by atoms with E-state index in [4.69, 9.17) is 0 Å². The van der Waals surface area contributed by atoms with Crippen LogP contribution >= 0.6 is 0 Å². The fraction of sp³-hybridized carbons (Fsp3) is 0.800. The van der Waals surface area contributed by atoms with E-state index in [2.05, 4.69) is 6.92 Å². The maximum absolute atomic E-state index is 14.5. The molecule has 2 aliphatic carbocycles. The van der Waals surface area contributed by atoms with Crippen molar-refractivity contribution in [2.45, 2.75) is 157 Å². The Hall–Kier alpha value is -2.30. The predicted molar refractivity (Wildman–Crippen MR) is 160 cm³/mol. The van der Waals surface area contributed by atoms with Crippen molar-refractivity contribution < 1.29 is 79.4 Å². The van der Waals surface area contributed by atoms with Crippen molar-refractivity contribution in [2.24, 2.45) is 17.8 Å². The molecule has 0 bridgehead atoms. The molecule has 3 rings (SSSR count). The SMILES string of the molecule is CCCCCC[C@H]1CC[C@H](CC[C@H]2CC[C@H](c3ccc(C(=O)C(F)(F)C(F)(F)C(F)(F)C(F)(F)C(F)(F)C(F)(F)C(F)(F)C(F)(F)F)cc3)CC2)CC1. The highest BCUT2D eigenvalue weighted by Gasteiger charge is 2.95. The molecule has 0 N–H and O–H groups in total. The molecule has 0 radical (unpaired) electrons. The van der Waals surface area contributed by atoms with E-state index < -0.39 is 59.0 Å². The molecule has 0 saturated heterocycles. The van der Waals surface area contributed by atoms with Gasteiger partial charge in [-0.3, -0.25) is 4.79 Å². The molecule has 306 valence electrons. The van der Waals surface area contributed by atoms with Gasteiger partial charge in [0.25, 0.3) is 0 Å². The predicted octanol–water partition coefficient (Wildman–Crippen LogP) is 13.7. The zero-order valence-electron chi connectivity index (χ0n) is 28.6. The Morgan fingerprint density at radius 1 is 0.491 bits per heavy atom. The molecular weight excluding hydrogens is 759 g/mol. The summed E-state index contributed by atoms with van der Waals surface area (Å²) < 4.78 is 231. The van der Waals surface area contributed by atoms with E-state index in [-0.39, 0.29) is 5.92 Å². The lowest BCUT2D eigenvalue weighted by atomic mass is 9.74. The minimum Gasteiger partial charge on any atom is -0.287 e. The first-order valence-corrected chi connectivity index (χ1v) is 17.5. The van der Waals surface area contributed by atoms with Crippen molar-refractivity contribution in [1.29, 1.82) is 0 Å². The summed E-state index contributed by atoms with van der Waals surface area (Å²) >= 11 is 0. The number of ketones is 1. The third-order valence-corrected chi connectivity index (χ3v) is 10.9. The Morgan fingerprint density at radius 3 is 1.28 bits per heavy atom. The maximum Gasteiger partial charge on any atom is 0.460 e. The van der Waals surface area contributed by atoms with Crippen LogP contribution in [-0.2, 0) is 0 Å². The first-order valence-electron chi connectivity index (χ1n) is 17.5. The van der Waals surface area contributed by atoms with Gasteiger partial charge in [-0.1, -0.05) is 102 Å². The van der Waals surface area contributed by atoms with Gasteiger partial charge < -0.3 is 0 Å². The van der Waals surface area contributed by atoms with E-state index in [1.54, 1.807) is 0 Å². The number of carbonyl (C=O) groups is 1. The highest BCUT2D eigenvalue weighted by molar-refractivity contribution is 6.02. The molecule has 0 amide bonds. The second kappa shape index (κ2) is 16.0. The third-order valence-electron chi connectivity index (χ3n) is 10.9. The summed E-state index contributed by atoms with van der Waals surface area (Å²) in [6.45, 7) is 2.17. The van der Waals surface area contributed by atoms with Gasteiger partial charge in [-0.05, 0) is 54.9 Å². The lowest BCUT2D eigenvalue weighted by Gasteiger charge is -2.42. The second-order valence-corrected chi connectivity index (χ2v) is 14.5. The van der Waals surface area contributed by atoms with Gasteiger partial charge in [-0.25, -0.2) is 0 Å². The number of hydrogen-bond donors (Lipinski definition) is 0. The van der Waals surface area contributed by atoms with Crippen LogP contribution in [0.1, 0.15) is 125 Å². The van der Waals surface area contributed by atoms with Crippen LogP contribution in [-0.4, -0.2) is 53.4 Å². The number of alkyl halides is 17. The quantitative estimate of drug-likeness (QED) is 0.0871. The fourth-order valence-electron chi connectivity index (χ4n) is 7.32. The maximum atomic E-state index is 14.5. The standard InChI is InChI=1S/C35H41F17O/c1-2-3-4-5-6-21-7-9-22(10-8-21)11-12-23-13-15-24(16-14-23)25-17-19-26(20-18-25)27(53)28(36,37)29(38,39)30(40,41)31(42,43)32(44,45)33(46,47)34(48,49)35(50,51)52/h17-24H,2-16H2,1H3/t21-,22-,23-,24-. The second-order valence-electron chi connectivity index (χ2n) is 14.5. The number of halogens is 17. The smallest absolute Gasteiger partial charge is 0.287 e. The van der Waals surface area contributed by atoms with Gasteiger partial charge in [0.05, 0.1) is 0 Å². The molecule has 2 saturated carbocycles. The monoisotopic (exact) mass is 800 g/mol. The van der Waals surface area contributed by atoms with Crippen LogP contribution in [0.5, 0.6) is 0 Å². The van der Waals surface area contributed by atoms with Crippen LogP contribution in [0.4, 0.5) is 74.6 Å². The van der Waals surface area contributed by atoms with E-state index >= 15 is 0 Å².